The van der Waals surface area contributed by atoms with Crippen LogP contribution in [0.3, 0.4) is 0 Å². The number of nitrogens with zero attached hydrogens (tertiary/aromatic N) is 1. The first-order valence-corrected chi connectivity index (χ1v) is 7.86. The number of hydrogen-bond acceptors (Lipinski definition) is 2. The third-order valence-corrected chi connectivity index (χ3v) is 5.02. The van der Waals surface area contributed by atoms with Crippen LogP contribution in [0.2, 0.25) is 10.0 Å². The molecular formula is C16H21Cl2NO. The van der Waals surface area contributed by atoms with Gasteiger partial charge in [0.25, 0.3) is 0 Å². The van der Waals surface area contributed by atoms with Gasteiger partial charge in [0.05, 0.1) is 5.54 Å². The van der Waals surface area contributed by atoms with Crippen molar-refractivity contribution in [2.24, 2.45) is 0 Å². The topological polar surface area (TPSA) is 20.3 Å². The molecule has 0 aliphatic heterocycles. The molecule has 20 heavy (non-hydrogen) atoms. The van der Waals surface area contributed by atoms with Crippen LogP contribution in [0.4, 0.5) is 0 Å². The van der Waals surface area contributed by atoms with Crippen LogP contribution in [0, 0.1) is 0 Å². The summed E-state index contributed by atoms with van der Waals surface area (Å²) >= 11 is 12.2. The molecule has 4 heteroatoms. The summed E-state index contributed by atoms with van der Waals surface area (Å²) in [4.78, 5) is 14.9. The van der Waals surface area contributed by atoms with Crippen LogP contribution < -0.4 is 0 Å². The minimum Gasteiger partial charge on any atom is -0.297 e. The van der Waals surface area contributed by atoms with Crippen molar-refractivity contribution < 1.29 is 4.79 Å². The molecule has 2 nitrogen and oxygen atoms in total. The molecule has 1 saturated carbocycles. The number of Topliss-reactive ketones (excluding diaryl/α,β-unsaturated/α-hetero) is 1. The fraction of sp³-hybridized carbons (Fsp3) is 0.562. The Bertz CT molecular complexity index is 493. The van der Waals surface area contributed by atoms with Gasteiger partial charge in [-0.3, -0.25) is 9.69 Å². The number of ketones is 1. The van der Waals surface area contributed by atoms with Gasteiger partial charge in [0.1, 0.15) is 0 Å². The van der Waals surface area contributed by atoms with Gasteiger partial charge in [-0.15, -0.1) is 0 Å². The van der Waals surface area contributed by atoms with E-state index in [9.17, 15) is 4.79 Å². The SMILES string of the molecule is CN(C)C1(C(=O)Cc2cc(Cl)ccc2Cl)CCCCC1. The van der Waals surface area contributed by atoms with Gasteiger partial charge in [-0.2, -0.15) is 0 Å². The number of rotatable bonds is 4. The smallest absolute Gasteiger partial charge is 0.157 e. The van der Waals surface area contributed by atoms with Crippen molar-refractivity contribution in [2.45, 2.75) is 44.1 Å². The molecule has 0 unspecified atom stereocenters. The highest BCUT2D eigenvalue weighted by atomic mass is 35.5. The van der Waals surface area contributed by atoms with Crippen molar-refractivity contribution in [1.82, 2.24) is 4.90 Å². The van der Waals surface area contributed by atoms with E-state index in [1.165, 1.54) is 6.42 Å². The average Bonchev–Trinajstić information content (AvgIpc) is 2.43. The van der Waals surface area contributed by atoms with E-state index in [1.807, 2.05) is 14.1 Å². The van der Waals surface area contributed by atoms with Crippen LogP contribution >= 0.6 is 23.2 Å². The van der Waals surface area contributed by atoms with Gasteiger partial charge in [0.2, 0.25) is 0 Å². The zero-order chi connectivity index (χ0) is 14.8. The molecule has 0 aromatic heterocycles. The molecule has 0 N–H and O–H groups in total. The highest BCUT2D eigenvalue weighted by Crippen LogP contribution is 2.34. The molecule has 1 aliphatic carbocycles. The van der Waals surface area contributed by atoms with Crippen LogP contribution in [0.5, 0.6) is 0 Å². The summed E-state index contributed by atoms with van der Waals surface area (Å²) in [6.07, 6.45) is 5.70. The minimum atomic E-state index is -0.329. The summed E-state index contributed by atoms with van der Waals surface area (Å²) in [5.41, 5.74) is 0.500. The normalized spacial score (nSPS) is 18.2. The van der Waals surface area contributed by atoms with Gasteiger partial charge >= 0.3 is 0 Å². The Morgan fingerprint density at radius 3 is 2.45 bits per heavy atom. The van der Waals surface area contributed by atoms with E-state index >= 15 is 0 Å². The minimum absolute atomic E-state index is 0.256. The van der Waals surface area contributed by atoms with Crippen molar-refractivity contribution in [3.05, 3.63) is 33.8 Å². The highest BCUT2D eigenvalue weighted by Gasteiger charge is 2.40. The zero-order valence-electron chi connectivity index (χ0n) is 12.1. The molecule has 0 saturated heterocycles. The fourth-order valence-corrected chi connectivity index (χ4v) is 3.51. The van der Waals surface area contributed by atoms with Gasteiger partial charge < -0.3 is 0 Å². The second kappa shape index (κ2) is 6.46. The van der Waals surface area contributed by atoms with Crippen molar-refractivity contribution in [2.75, 3.05) is 14.1 Å². The standard InChI is InChI=1S/C16H21Cl2NO/c1-19(2)16(8-4-3-5-9-16)15(20)11-12-10-13(17)6-7-14(12)18/h6-7,10H,3-5,8-9,11H2,1-2H3. The summed E-state index contributed by atoms with van der Waals surface area (Å²) in [6, 6.07) is 5.31. The predicted molar refractivity (Wildman–Crippen MR) is 84.7 cm³/mol. The van der Waals surface area contributed by atoms with Crippen molar-refractivity contribution in [1.29, 1.82) is 0 Å². The van der Waals surface area contributed by atoms with Gasteiger partial charge in [-0.05, 0) is 50.7 Å². The lowest BCUT2D eigenvalue weighted by Crippen LogP contribution is -2.53. The van der Waals surface area contributed by atoms with Gasteiger partial charge in [-0.25, -0.2) is 0 Å². The Kier molecular flexibility index (Phi) is 5.11. The van der Waals surface area contributed by atoms with Crippen LogP contribution in [-0.2, 0) is 11.2 Å². The largest absolute Gasteiger partial charge is 0.297 e. The molecule has 0 atom stereocenters. The molecule has 1 fully saturated rings. The lowest BCUT2D eigenvalue weighted by molar-refractivity contribution is -0.131. The van der Waals surface area contributed by atoms with E-state index in [0.29, 0.717) is 16.5 Å². The highest BCUT2D eigenvalue weighted by molar-refractivity contribution is 6.33. The van der Waals surface area contributed by atoms with Crippen LogP contribution in [-0.4, -0.2) is 30.3 Å². The second-order valence-electron chi connectivity index (χ2n) is 5.82. The molecule has 2 rings (SSSR count). The number of carbonyl (C=O) groups is 1. The van der Waals surface area contributed by atoms with Crippen LogP contribution in [0.1, 0.15) is 37.7 Å². The van der Waals surface area contributed by atoms with E-state index in [4.69, 9.17) is 23.2 Å². The summed E-state index contributed by atoms with van der Waals surface area (Å²) in [6.45, 7) is 0. The summed E-state index contributed by atoms with van der Waals surface area (Å²) in [7, 11) is 4.01. The second-order valence-corrected chi connectivity index (χ2v) is 6.67. The Morgan fingerprint density at radius 1 is 1.20 bits per heavy atom. The molecule has 0 spiro atoms. The third kappa shape index (κ3) is 3.19. The maximum Gasteiger partial charge on any atom is 0.157 e. The molecule has 0 bridgehead atoms. The first-order valence-electron chi connectivity index (χ1n) is 7.10. The van der Waals surface area contributed by atoms with Crippen molar-refractivity contribution >= 4 is 29.0 Å². The average molecular weight is 314 g/mol. The Labute approximate surface area is 131 Å². The van der Waals surface area contributed by atoms with Gasteiger partial charge in [0, 0.05) is 16.5 Å². The molecule has 1 aromatic carbocycles. The number of halogens is 2. The van der Waals surface area contributed by atoms with E-state index in [1.54, 1.807) is 18.2 Å². The summed E-state index contributed by atoms with van der Waals surface area (Å²) < 4.78 is 0. The van der Waals surface area contributed by atoms with E-state index in [2.05, 4.69) is 4.90 Å². The lowest BCUT2D eigenvalue weighted by atomic mass is 9.76. The van der Waals surface area contributed by atoms with Crippen LogP contribution in [0.25, 0.3) is 0 Å². The van der Waals surface area contributed by atoms with Gasteiger partial charge in [-0.1, -0.05) is 42.5 Å². The molecule has 1 aromatic rings. The third-order valence-electron chi connectivity index (χ3n) is 4.41. The first kappa shape index (κ1) is 15.8. The van der Waals surface area contributed by atoms with E-state index in [-0.39, 0.29) is 11.3 Å². The number of benzene rings is 1. The molecule has 0 radical (unpaired) electrons. The molecule has 0 heterocycles. The maximum absolute atomic E-state index is 12.9. The van der Waals surface area contributed by atoms with Crippen LogP contribution in [0.15, 0.2) is 18.2 Å². The predicted octanol–water partition coefficient (Wildman–Crippen LogP) is 4.37. The first-order chi connectivity index (χ1) is 9.45. The molecular weight excluding hydrogens is 293 g/mol. The van der Waals surface area contributed by atoms with Crippen molar-refractivity contribution in [3.8, 4) is 0 Å². The number of carbonyl (C=O) groups excluding carboxylic acids is 1. The molecule has 1 aliphatic rings. The number of hydrogen-bond donors (Lipinski definition) is 0. The summed E-state index contributed by atoms with van der Waals surface area (Å²) in [5, 5.41) is 1.24. The zero-order valence-corrected chi connectivity index (χ0v) is 13.6. The quantitative estimate of drug-likeness (QED) is 0.822. The number of likely N-dealkylation sites (N-methyl/N-ethyl adjacent to an activating group) is 1. The molecule has 0 amide bonds. The monoisotopic (exact) mass is 313 g/mol. The summed E-state index contributed by atoms with van der Waals surface area (Å²) in [5.74, 6) is 0.256. The van der Waals surface area contributed by atoms with Crippen molar-refractivity contribution in [3.63, 3.8) is 0 Å². The Hall–Kier alpha value is -0.570. The lowest BCUT2D eigenvalue weighted by Gasteiger charge is -2.41. The Balaban J connectivity index is 2.22. The van der Waals surface area contributed by atoms with E-state index in [0.717, 1.165) is 31.2 Å². The fourth-order valence-electron chi connectivity index (χ4n) is 3.13. The van der Waals surface area contributed by atoms with E-state index < -0.39 is 0 Å². The Morgan fingerprint density at radius 2 is 1.85 bits per heavy atom. The van der Waals surface area contributed by atoms with Gasteiger partial charge in [0.15, 0.2) is 5.78 Å². The maximum atomic E-state index is 12.9. The molecule has 110 valence electrons.